The number of hydrogen-bond acceptors (Lipinski definition) is 5. The first kappa shape index (κ1) is 17.3. The fourth-order valence-electron chi connectivity index (χ4n) is 0.868. The summed E-state index contributed by atoms with van der Waals surface area (Å²) in [5.74, 6) is -0.384. The highest BCUT2D eigenvalue weighted by molar-refractivity contribution is 7.45. The van der Waals surface area contributed by atoms with Crippen molar-refractivity contribution in [3.8, 4) is 0 Å². The number of carbonyl (C=O) groups excluding carboxylic acids is 1. The Balaban J connectivity index is 3.77. The van der Waals surface area contributed by atoms with Crippen LogP contribution in [0.15, 0.2) is 12.7 Å². The lowest BCUT2D eigenvalue weighted by Gasteiger charge is -2.27. The Labute approximate surface area is 108 Å². The molecule has 0 aromatic heterocycles. The fourth-order valence-corrected chi connectivity index (χ4v) is 1.56. The summed E-state index contributed by atoms with van der Waals surface area (Å²) in [6.45, 7) is 3.78. The number of nitrogens with one attached hydrogen (secondary N) is 1. The zero-order chi connectivity index (χ0) is 14.2. The maximum atomic E-state index is 11.3. The minimum atomic E-state index is -4.28. The number of phosphoric acid groups is 1. The largest absolute Gasteiger partial charge is 0.756 e. The number of hydrogen-bond donors (Lipinski definition) is 1. The van der Waals surface area contributed by atoms with E-state index in [0.717, 1.165) is 6.08 Å². The Morgan fingerprint density at radius 1 is 1.39 bits per heavy atom. The Morgan fingerprint density at radius 2 is 1.94 bits per heavy atom. The highest BCUT2D eigenvalue weighted by Crippen LogP contribution is 2.37. The van der Waals surface area contributed by atoms with E-state index in [-0.39, 0.29) is 25.7 Å². The third kappa shape index (κ3) is 10.4. The Kier molecular flexibility index (Phi) is 7.35. The predicted molar refractivity (Wildman–Crippen MR) is 65.6 cm³/mol. The molecule has 0 radical (unpaired) electrons. The lowest BCUT2D eigenvalue weighted by atomic mass is 10.5. The molecule has 18 heavy (non-hydrogen) atoms. The van der Waals surface area contributed by atoms with Crippen molar-refractivity contribution in [2.45, 2.75) is 0 Å². The van der Waals surface area contributed by atoms with Gasteiger partial charge < -0.3 is 23.7 Å². The van der Waals surface area contributed by atoms with Gasteiger partial charge in [0.05, 0.1) is 27.7 Å². The molecular formula is C10H21N2O5P. The molecule has 1 unspecified atom stereocenters. The molecule has 0 saturated heterocycles. The van der Waals surface area contributed by atoms with Gasteiger partial charge >= 0.3 is 0 Å². The molecule has 0 saturated carbocycles. The van der Waals surface area contributed by atoms with Gasteiger partial charge in [0, 0.05) is 6.54 Å². The molecule has 0 bridgehead atoms. The molecule has 0 spiro atoms. The van der Waals surface area contributed by atoms with Crippen LogP contribution in [0.1, 0.15) is 0 Å². The van der Waals surface area contributed by atoms with Crippen LogP contribution in [0.4, 0.5) is 0 Å². The van der Waals surface area contributed by atoms with Crippen molar-refractivity contribution in [3.63, 3.8) is 0 Å². The van der Waals surface area contributed by atoms with Crippen LogP contribution in [0.5, 0.6) is 0 Å². The number of carbonyl (C=O) groups is 1. The molecule has 7 nitrogen and oxygen atoms in total. The number of quaternary nitrogens is 1. The lowest BCUT2D eigenvalue weighted by Crippen LogP contribution is -2.37. The maximum absolute atomic E-state index is 11.3. The van der Waals surface area contributed by atoms with E-state index in [4.69, 9.17) is 0 Å². The van der Waals surface area contributed by atoms with Gasteiger partial charge in [0.25, 0.3) is 7.82 Å². The van der Waals surface area contributed by atoms with Gasteiger partial charge in [-0.2, -0.15) is 0 Å². The fraction of sp³-hybridized carbons (Fsp3) is 0.700. The van der Waals surface area contributed by atoms with Crippen molar-refractivity contribution >= 4 is 13.7 Å². The van der Waals surface area contributed by atoms with E-state index in [2.05, 4.69) is 20.9 Å². The highest BCUT2D eigenvalue weighted by Gasteiger charge is 2.13. The molecule has 0 aliphatic rings. The van der Waals surface area contributed by atoms with Crippen molar-refractivity contribution in [2.75, 3.05) is 47.4 Å². The molecule has 0 aromatic rings. The molecule has 0 aliphatic heterocycles. The van der Waals surface area contributed by atoms with Crippen molar-refractivity contribution in [1.82, 2.24) is 5.32 Å². The quantitative estimate of drug-likeness (QED) is 0.266. The molecule has 0 fully saturated rings. The van der Waals surface area contributed by atoms with Gasteiger partial charge in [0.1, 0.15) is 13.2 Å². The average Bonchev–Trinajstić information content (AvgIpc) is 2.21. The standard InChI is InChI=1S/C10H21N2O5P/c1-5-10(13)11-6-8-16-18(14,15)17-9-7-12(2,3)4/h5H,1,6-9H2,2-4H3,(H-,11,13,14,15). The summed E-state index contributed by atoms with van der Waals surface area (Å²) in [6.07, 6.45) is 1.09. The second-order valence-electron chi connectivity index (χ2n) is 4.62. The average molecular weight is 280 g/mol. The van der Waals surface area contributed by atoms with Gasteiger partial charge in [-0.1, -0.05) is 6.58 Å². The second kappa shape index (κ2) is 7.66. The summed E-state index contributed by atoms with van der Waals surface area (Å²) in [4.78, 5) is 22.0. The van der Waals surface area contributed by atoms with E-state index in [1.54, 1.807) is 0 Å². The van der Waals surface area contributed by atoms with Gasteiger partial charge in [-0.25, -0.2) is 0 Å². The first-order valence-electron chi connectivity index (χ1n) is 5.47. The zero-order valence-corrected chi connectivity index (χ0v) is 11.9. The molecule has 8 heteroatoms. The van der Waals surface area contributed by atoms with Gasteiger partial charge in [0.15, 0.2) is 0 Å². The first-order valence-corrected chi connectivity index (χ1v) is 6.93. The Morgan fingerprint density at radius 3 is 2.44 bits per heavy atom. The van der Waals surface area contributed by atoms with Crippen LogP contribution in [0.2, 0.25) is 0 Å². The SMILES string of the molecule is C=CC(=O)NCCOP(=O)([O-])OCC[N+](C)(C)C. The third-order valence-electron chi connectivity index (χ3n) is 1.85. The summed E-state index contributed by atoms with van der Waals surface area (Å²) < 4.78 is 21.1. The minimum absolute atomic E-state index is 0.0588. The molecular weight excluding hydrogens is 259 g/mol. The molecule has 1 N–H and O–H groups in total. The van der Waals surface area contributed by atoms with Gasteiger partial charge in [-0.05, 0) is 6.08 Å². The number of phosphoric ester groups is 1. The monoisotopic (exact) mass is 280 g/mol. The topological polar surface area (TPSA) is 87.7 Å². The second-order valence-corrected chi connectivity index (χ2v) is 6.03. The van der Waals surface area contributed by atoms with Crippen LogP contribution in [0, 0.1) is 0 Å². The molecule has 0 rings (SSSR count). The molecule has 0 heterocycles. The van der Waals surface area contributed by atoms with Gasteiger partial charge in [-0.3, -0.25) is 9.36 Å². The van der Waals surface area contributed by atoms with Gasteiger partial charge in [-0.15, -0.1) is 0 Å². The zero-order valence-electron chi connectivity index (χ0n) is 11.0. The van der Waals surface area contributed by atoms with Crippen molar-refractivity contribution < 1.29 is 27.8 Å². The van der Waals surface area contributed by atoms with E-state index in [0.29, 0.717) is 11.0 Å². The number of amides is 1. The predicted octanol–water partition coefficient (Wildman–Crippen LogP) is -0.504. The van der Waals surface area contributed by atoms with Gasteiger partial charge in [0.2, 0.25) is 5.91 Å². The number of nitrogens with zero attached hydrogens (tertiary/aromatic N) is 1. The lowest BCUT2D eigenvalue weighted by molar-refractivity contribution is -0.870. The van der Waals surface area contributed by atoms with E-state index in [9.17, 15) is 14.3 Å². The number of rotatable bonds is 9. The first-order chi connectivity index (χ1) is 8.16. The van der Waals surface area contributed by atoms with E-state index in [1.165, 1.54) is 0 Å². The maximum Gasteiger partial charge on any atom is 0.268 e. The highest BCUT2D eigenvalue weighted by atomic mass is 31.2. The minimum Gasteiger partial charge on any atom is -0.756 e. The summed E-state index contributed by atoms with van der Waals surface area (Å²) in [7, 11) is 1.48. The summed E-state index contributed by atoms with van der Waals surface area (Å²) in [6, 6.07) is 0. The van der Waals surface area contributed by atoms with E-state index in [1.807, 2.05) is 21.1 Å². The molecule has 0 aliphatic carbocycles. The molecule has 1 amide bonds. The Hall–Kier alpha value is -0.720. The van der Waals surface area contributed by atoms with Crippen LogP contribution in [0.25, 0.3) is 0 Å². The van der Waals surface area contributed by atoms with Crippen molar-refractivity contribution in [1.29, 1.82) is 0 Å². The van der Waals surface area contributed by atoms with E-state index < -0.39 is 7.82 Å². The van der Waals surface area contributed by atoms with Crippen LogP contribution < -0.4 is 10.2 Å². The summed E-state index contributed by atoms with van der Waals surface area (Å²) in [5.41, 5.74) is 0. The molecule has 1 atom stereocenters. The number of likely N-dealkylation sites (N-methyl/N-ethyl adjacent to an activating group) is 1. The summed E-state index contributed by atoms with van der Waals surface area (Å²) >= 11 is 0. The van der Waals surface area contributed by atoms with E-state index >= 15 is 0 Å². The Bertz CT molecular complexity index is 327. The van der Waals surface area contributed by atoms with Crippen LogP contribution in [0.3, 0.4) is 0 Å². The van der Waals surface area contributed by atoms with Crippen molar-refractivity contribution in [3.05, 3.63) is 12.7 Å². The summed E-state index contributed by atoms with van der Waals surface area (Å²) in [5, 5.41) is 2.38. The van der Waals surface area contributed by atoms with Crippen molar-refractivity contribution in [2.24, 2.45) is 0 Å². The van der Waals surface area contributed by atoms with Crippen LogP contribution in [-0.2, 0) is 18.4 Å². The van der Waals surface area contributed by atoms with Crippen LogP contribution >= 0.6 is 7.82 Å². The third-order valence-corrected chi connectivity index (χ3v) is 2.85. The molecule has 106 valence electrons. The normalized spacial score (nSPS) is 14.9. The smallest absolute Gasteiger partial charge is 0.268 e. The molecule has 0 aromatic carbocycles. The van der Waals surface area contributed by atoms with Crippen LogP contribution in [-0.4, -0.2) is 57.8 Å².